The number of alkyl halides is 2. The van der Waals surface area contributed by atoms with Gasteiger partial charge in [-0.3, -0.25) is 0 Å². The van der Waals surface area contributed by atoms with Crippen molar-refractivity contribution in [1.82, 2.24) is 10.6 Å². The van der Waals surface area contributed by atoms with E-state index in [4.69, 9.17) is 4.74 Å². The second-order valence-electron chi connectivity index (χ2n) is 5.56. The first-order chi connectivity index (χ1) is 11.7. The Kier molecular flexibility index (Phi) is 11.2. The summed E-state index contributed by atoms with van der Waals surface area (Å²) in [4.78, 5) is 4.56. The summed E-state index contributed by atoms with van der Waals surface area (Å²) in [5.74, 6) is 2.47. The second-order valence-corrected chi connectivity index (χ2v) is 6.97. The molecule has 1 fully saturated rings. The Hall–Kier alpha value is -0.770. The second kappa shape index (κ2) is 12.6. The van der Waals surface area contributed by atoms with E-state index < -0.39 is 13.0 Å². The molecule has 8 heteroatoms. The number of guanidine groups is 1. The lowest BCUT2D eigenvalue weighted by molar-refractivity contribution is 0.0818. The van der Waals surface area contributed by atoms with Gasteiger partial charge in [-0.25, -0.2) is 13.8 Å². The molecule has 1 heterocycles. The van der Waals surface area contributed by atoms with Crippen molar-refractivity contribution in [3.05, 3.63) is 29.8 Å². The molecule has 0 radical (unpaired) electrons. The highest BCUT2D eigenvalue weighted by atomic mass is 127. The van der Waals surface area contributed by atoms with Gasteiger partial charge >= 0.3 is 0 Å². The Labute approximate surface area is 169 Å². The number of ether oxygens (including phenoxy) is 1. The van der Waals surface area contributed by atoms with Gasteiger partial charge in [0.2, 0.25) is 0 Å². The molecular formula is C17H26F2IN3OS. The van der Waals surface area contributed by atoms with Crippen molar-refractivity contribution in [3.8, 4) is 5.75 Å². The molecule has 25 heavy (non-hydrogen) atoms. The van der Waals surface area contributed by atoms with E-state index in [9.17, 15) is 8.78 Å². The minimum Gasteiger partial charge on any atom is -0.488 e. The van der Waals surface area contributed by atoms with Crippen molar-refractivity contribution in [1.29, 1.82) is 0 Å². The summed E-state index contributed by atoms with van der Waals surface area (Å²) >= 11 is 2.00. The van der Waals surface area contributed by atoms with Crippen LogP contribution in [0.4, 0.5) is 8.78 Å². The Morgan fingerprint density at radius 2 is 2.24 bits per heavy atom. The van der Waals surface area contributed by atoms with E-state index in [1.165, 1.54) is 18.6 Å². The molecule has 0 aliphatic carbocycles. The summed E-state index contributed by atoms with van der Waals surface area (Å²) in [6.45, 7) is 3.62. The van der Waals surface area contributed by atoms with E-state index in [1.54, 1.807) is 18.2 Å². The van der Waals surface area contributed by atoms with Crippen LogP contribution in [0.2, 0.25) is 0 Å². The molecule has 4 nitrogen and oxygen atoms in total. The standard InChI is InChI=1S/C17H25F2N3OS.HI/c1-2-20-17(22-11-15-7-4-8-24-15)21-10-13-5-3-6-14(9-13)23-12-16(18)19;/h3,5-6,9,15-16H,2,4,7-8,10-12H2,1H3,(H2,20,21,22);1H. The molecule has 0 aromatic heterocycles. The third kappa shape index (κ3) is 8.94. The number of halogens is 3. The molecule has 0 saturated carbocycles. The van der Waals surface area contributed by atoms with Gasteiger partial charge in [-0.05, 0) is 43.2 Å². The zero-order valence-corrected chi connectivity index (χ0v) is 17.5. The number of hydrogen-bond donors (Lipinski definition) is 2. The molecule has 1 saturated heterocycles. The molecule has 1 aromatic rings. The maximum Gasteiger partial charge on any atom is 0.272 e. The van der Waals surface area contributed by atoms with Crippen LogP contribution in [0.15, 0.2) is 29.3 Å². The van der Waals surface area contributed by atoms with Gasteiger partial charge in [0.25, 0.3) is 6.43 Å². The Balaban J connectivity index is 0.00000312. The molecule has 0 bridgehead atoms. The number of thioether (sulfide) groups is 1. The number of nitrogens with zero attached hydrogens (tertiary/aromatic N) is 1. The molecule has 1 aromatic carbocycles. The fourth-order valence-electron chi connectivity index (χ4n) is 2.42. The third-order valence-electron chi connectivity index (χ3n) is 3.56. The Bertz CT molecular complexity index is 528. The molecule has 142 valence electrons. The fraction of sp³-hybridized carbons (Fsp3) is 0.588. The monoisotopic (exact) mass is 485 g/mol. The summed E-state index contributed by atoms with van der Waals surface area (Å²) in [6, 6.07) is 7.13. The summed E-state index contributed by atoms with van der Waals surface area (Å²) in [6.07, 6.45) is 0.0705. The van der Waals surface area contributed by atoms with Crippen molar-refractivity contribution in [2.24, 2.45) is 4.99 Å². The maximum atomic E-state index is 12.2. The van der Waals surface area contributed by atoms with Crippen molar-refractivity contribution < 1.29 is 13.5 Å². The van der Waals surface area contributed by atoms with Crippen LogP contribution in [-0.4, -0.2) is 43.1 Å². The molecule has 0 amide bonds. The SMILES string of the molecule is CCNC(=NCc1cccc(OCC(F)F)c1)NCC1CCCS1.I. The highest BCUT2D eigenvalue weighted by Crippen LogP contribution is 2.25. The largest absolute Gasteiger partial charge is 0.488 e. The lowest BCUT2D eigenvalue weighted by Crippen LogP contribution is -2.40. The van der Waals surface area contributed by atoms with Crippen LogP contribution in [0, 0.1) is 0 Å². The van der Waals surface area contributed by atoms with Crippen LogP contribution in [-0.2, 0) is 6.54 Å². The summed E-state index contributed by atoms with van der Waals surface area (Å²) < 4.78 is 29.5. The van der Waals surface area contributed by atoms with E-state index in [0.29, 0.717) is 17.5 Å². The predicted molar refractivity (Wildman–Crippen MR) is 112 cm³/mol. The van der Waals surface area contributed by atoms with Crippen LogP contribution in [0.25, 0.3) is 0 Å². The Morgan fingerprint density at radius 1 is 1.40 bits per heavy atom. The lowest BCUT2D eigenvalue weighted by atomic mass is 10.2. The van der Waals surface area contributed by atoms with Crippen molar-refractivity contribution in [2.75, 3.05) is 25.4 Å². The summed E-state index contributed by atoms with van der Waals surface area (Å²) in [5.41, 5.74) is 0.925. The maximum absolute atomic E-state index is 12.2. The molecule has 1 atom stereocenters. The zero-order chi connectivity index (χ0) is 17.2. The minimum absolute atomic E-state index is 0. The van der Waals surface area contributed by atoms with Gasteiger partial charge in [-0.15, -0.1) is 24.0 Å². The van der Waals surface area contributed by atoms with Gasteiger partial charge < -0.3 is 15.4 Å². The zero-order valence-electron chi connectivity index (χ0n) is 14.3. The number of benzene rings is 1. The minimum atomic E-state index is -2.47. The first kappa shape index (κ1) is 22.3. The van der Waals surface area contributed by atoms with Gasteiger partial charge in [0.1, 0.15) is 12.4 Å². The van der Waals surface area contributed by atoms with Crippen molar-refractivity contribution in [3.63, 3.8) is 0 Å². The van der Waals surface area contributed by atoms with Crippen LogP contribution in [0.1, 0.15) is 25.3 Å². The molecule has 0 spiro atoms. The fourth-order valence-corrected chi connectivity index (χ4v) is 3.62. The molecular weight excluding hydrogens is 459 g/mol. The van der Waals surface area contributed by atoms with E-state index in [2.05, 4.69) is 15.6 Å². The van der Waals surface area contributed by atoms with Crippen molar-refractivity contribution >= 4 is 41.7 Å². The summed E-state index contributed by atoms with van der Waals surface area (Å²) in [7, 11) is 0. The predicted octanol–water partition coefficient (Wildman–Crippen LogP) is 3.90. The van der Waals surface area contributed by atoms with Gasteiger partial charge in [0, 0.05) is 18.3 Å². The van der Waals surface area contributed by atoms with Crippen LogP contribution in [0.5, 0.6) is 5.75 Å². The molecule has 1 aliphatic heterocycles. The highest BCUT2D eigenvalue weighted by Gasteiger charge is 2.15. The average Bonchev–Trinajstić information content (AvgIpc) is 3.09. The van der Waals surface area contributed by atoms with Gasteiger partial charge in [-0.1, -0.05) is 12.1 Å². The number of aliphatic imine (C=N–C) groups is 1. The van der Waals surface area contributed by atoms with E-state index in [1.807, 2.05) is 24.8 Å². The van der Waals surface area contributed by atoms with Crippen LogP contribution >= 0.6 is 35.7 Å². The highest BCUT2D eigenvalue weighted by molar-refractivity contribution is 14.0. The van der Waals surface area contributed by atoms with Crippen LogP contribution < -0.4 is 15.4 Å². The van der Waals surface area contributed by atoms with Gasteiger partial charge in [-0.2, -0.15) is 11.8 Å². The lowest BCUT2D eigenvalue weighted by Gasteiger charge is -2.14. The Morgan fingerprint density at radius 3 is 2.92 bits per heavy atom. The first-order valence-electron chi connectivity index (χ1n) is 8.31. The average molecular weight is 485 g/mol. The molecule has 1 unspecified atom stereocenters. The number of rotatable bonds is 8. The van der Waals surface area contributed by atoms with Crippen LogP contribution in [0.3, 0.4) is 0 Å². The third-order valence-corrected chi connectivity index (χ3v) is 4.96. The normalized spacial score (nSPS) is 17.3. The van der Waals surface area contributed by atoms with Crippen molar-refractivity contribution in [2.45, 2.75) is 38.0 Å². The molecule has 2 N–H and O–H groups in total. The molecule has 1 aliphatic rings. The number of hydrogen-bond acceptors (Lipinski definition) is 3. The topological polar surface area (TPSA) is 45.7 Å². The van der Waals surface area contributed by atoms with Gasteiger partial charge in [0.05, 0.1) is 6.54 Å². The smallest absolute Gasteiger partial charge is 0.272 e. The number of nitrogens with one attached hydrogen (secondary N) is 2. The summed E-state index contributed by atoms with van der Waals surface area (Å²) in [5, 5.41) is 7.26. The van der Waals surface area contributed by atoms with E-state index in [-0.39, 0.29) is 24.0 Å². The quantitative estimate of drug-likeness (QED) is 0.333. The first-order valence-corrected chi connectivity index (χ1v) is 9.36. The molecule has 2 rings (SSSR count). The van der Waals surface area contributed by atoms with E-state index in [0.717, 1.165) is 24.6 Å². The van der Waals surface area contributed by atoms with Gasteiger partial charge in [0.15, 0.2) is 5.96 Å². The van der Waals surface area contributed by atoms with E-state index >= 15 is 0 Å².